The van der Waals surface area contributed by atoms with Gasteiger partial charge in [0.2, 0.25) is 0 Å². The summed E-state index contributed by atoms with van der Waals surface area (Å²) in [5.41, 5.74) is 0.851. The van der Waals surface area contributed by atoms with Crippen molar-refractivity contribution in [3.8, 4) is 0 Å². The number of carboxylic acid groups (broad SMARTS) is 1. The highest BCUT2D eigenvalue weighted by atomic mass is 19.1. The van der Waals surface area contributed by atoms with E-state index in [9.17, 15) is 14.0 Å². The molecule has 6 heteroatoms. The van der Waals surface area contributed by atoms with Gasteiger partial charge in [-0.2, -0.15) is 0 Å². The number of carboxylic acids is 1. The lowest BCUT2D eigenvalue weighted by atomic mass is 10.1. The molecule has 1 fully saturated rings. The molecule has 0 unspecified atom stereocenters. The molecule has 1 aromatic carbocycles. The lowest BCUT2D eigenvalue weighted by Gasteiger charge is -2.11. The Hall–Kier alpha value is -2.37. The molecule has 1 aliphatic carbocycles. The van der Waals surface area contributed by atoms with Crippen molar-refractivity contribution in [2.24, 2.45) is 5.92 Å². The third-order valence-electron chi connectivity index (χ3n) is 3.97. The van der Waals surface area contributed by atoms with Gasteiger partial charge in [0, 0.05) is 16.9 Å². The fourth-order valence-corrected chi connectivity index (χ4v) is 2.84. The van der Waals surface area contributed by atoms with Crippen LogP contribution in [0.5, 0.6) is 0 Å². The number of aromatic amines is 1. The first-order valence-electron chi connectivity index (χ1n) is 6.85. The van der Waals surface area contributed by atoms with Gasteiger partial charge in [-0.3, -0.25) is 9.59 Å². The Balaban J connectivity index is 1.73. The minimum Gasteiger partial charge on any atom is -0.481 e. The molecule has 3 N–H and O–H groups in total. The fourth-order valence-electron chi connectivity index (χ4n) is 2.84. The summed E-state index contributed by atoms with van der Waals surface area (Å²) >= 11 is 0. The van der Waals surface area contributed by atoms with E-state index in [4.69, 9.17) is 5.11 Å². The van der Waals surface area contributed by atoms with E-state index < -0.39 is 11.9 Å². The normalized spacial score (nSPS) is 21.6. The number of hydrogen-bond acceptors (Lipinski definition) is 2. The van der Waals surface area contributed by atoms with Crippen molar-refractivity contribution in [2.45, 2.75) is 25.3 Å². The summed E-state index contributed by atoms with van der Waals surface area (Å²) in [6, 6.07) is 5.95. The van der Waals surface area contributed by atoms with E-state index in [-0.39, 0.29) is 23.5 Å². The second kappa shape index (κ2) is 5.20. The molecule has 1 aromatic heterocycles. The molecule has 0 bridgehead atoms. The number of rotatable bonds is 3. The van der Waals surface area contributed by atoms with Crippen LogP contribution in [0.15, 0.2) is 24.3 Å². The van der Waals surface area contributed by atoms with Gasteiger partial charge in [-0.25, -0.2) is 4.39 Å². The fraction of sp³-hybridized carbons (Fsp3) is 0.333. The summed E-state index contributed by atoms with van der Waals surface area (Å²) in [6.45, 7) is 0. The van der Waals surface area contributed by atoms with Crippen molar-refractivity contribution in [2.75, 3.05) is 0 Å². The largest absolute Gasteiger partial charge is 0.481 e. The first kappa shape index (κ1) is 13.6. The van der Waals surface area contributed by atoms with Crippen LogP contribution in [-0.4, -0.2) is 28.0 Å². The molecule has 0 aliphatic heterocycles. The quantitative estimate of drug-likeness (QED) is 0.811. The molecule has 110 valence electrons. The number of carbonyl (C=O) groups is 2. The number of halogens is 1. The van der Waals surface area contributed by atoms with Gasteiger partial charge in [0.25, 0.3) is 5.91 Å². The van der Waals surface area contributed by atoms with E-state index in [0.717, 1.165) is 0 Å². The van der Waals surface area contributed by atoms with Crippen molar-refractivity contribution >= 4 is 22.8 Å². The Kier molecular flexibility index (Phi) is 3.37. The van der Waals surface area contributed by atoms with Crippen molar-refractivity contribution in [1.29, 1.82) is 0 Å². The Bertz CT molecular complexity index is 710. The number of aliphatic carboxylic acids is 1. The summed E-state index contributed by atoms with van der Waals surface area (Å²) in [4.78, 5) is 25.9. The summed E-state index contributed by atoms with van der Waals surface area (Å²) in [6.07, 6.45) is 1.66. The molecule has 0 saturated heterocycles. The molecule has 0 spiro atoms. The maximum Gasteiger partial charge on any atom is 0.306 e. The molecule has 1 amide bonds. The molecule has 0 radical (unpaired) electrons. The van der Waals surface area contributed by atoms with E-state index in [2.05, 4.69) is 10.3 Å². The van der Waals surface area contributed by atoms with E-state index in [1.807, 2.05) is 0 Å². The number of fused-ring (bicyclic) bond motifs is 1. The van der Waals surface area contributed by atoms with Gasteiger partial charge >= 0.3 is 5.97 Å². The summed E-state index contributed by atoms with van der Waals surface area (Å²) in [5, 5.41) is 12.1. The molecule has 21 heavy (non-hydrogen) atoms. The maximum atomic E-state index is 13.6. The van der Waals surface area contributed by atoms with Gasteiger partial charge in [-0.1, -0.05) is 6.07 Å². The topological polar surface area (TPSA) is 82.2 Å². The van der Waals surface area contributed by atoms with E-state index in [1.165, 1.54) is 12.1 Å². The monoisotopic (exact) mass is 290 g/mol. The highest BCUT2D eigenvalue weighted by molar-refractivity contribution is 5.98. The zero-order chi connectivity index (χ0) is 15.0. The van der Waals surface area contributed by atoms with Crippen LogP contribution >= 0.6 is 0 Å². The van der Waals surface area contributed by atoms with Crippen LogP contribution in [0.2, 0.25) is 0 Å². The zero-order valence-electron chi connectivity index (χ0n) is 11.2. The minimum atomic E-state index is -0.820. The van der Waals surface area contributed by atoms with Gasteiger partial charge in [0.05, 0.1) is 5.92 Å². The first-order chi connectivity index (χ1) is 10.0. The Morgan fingerprint density at radius 1 is 1.33 bits per heavy atom. The van der Waals surface area contributed by atoms with Crippen molar-refractivity contribution in [3.63, 3.8) is 0 Å². The summed E-state index contributed by atoms with van der Waals surface area (Å²) in [7, 11) is 0. The number of hydrogen-bond donors (Lipinski definition) is 3. The van der Waals surface area contributed by atoms with Crippen LogP contribution in [0.25, 0.3) is 10.9 Å². The molecule has 2 aromatic rings. The predicted molar refractivity (Wildman–Crippen MR) is 74.5 cm³/mol. The van der Waals surface area contributed by atoms with Gasteiger partial charge in [-0.05, 0) is 37.5 Å². The Labute approximate surface area is 120 Å². The molecule has 2 atom stereocenters. The molecule has 1 saturated carbocycles. The van der Waals surface area contributed by atoms with Crippen LogP contribution in [0, 0.1) is 11.7 Å². The average molecular weight is 290 g/mol. The number of aromatic nitrogens is 1. The second-order valence-electron chi connectivity index (χ2n) is 5.40. The minimum absolute atomic E-state index is 0.144. The smallest absolute Gasteiger partial charge is 0.306 e. The van der Waals surface area contributed by atoms with E-state index in [1.54, 1.807) is 12.1 Å². The first-order valence-corrected chi connectivity index (χ1v) is 6.85. The predicted octanol–water partition coefficient (Wildman–Crippen LogP) is 2.29. The number of carbonyl (C=O) groups excluding carboxylic acids is 1. The average Bonchev–Trinajstić information content (AvgIpc) is 3.05. The SMILES string of the molecule is O=C(N[C@@H]1CC[C@H](C(=O)O)C1)c1cc2c(F)cccc2[nH]1. The van der Waals surface area contributed by atoms with Crippen LogP contribution in [0.1, 0.15) is 29.8 Å². The van der Waals surface area contributed by atoms with Gasteiger partial charge in [-0.15, -0.1) is 0 Å². The molecule has 1 heterocycles. The molecular formula is C15H15FN2O3. The van der Waals surface area contributed by atoms with E-state index >= 15 is 0 Å². The zero-order valence-corrected chi connectivity index (χ0v) is 11.2. The number of amides is 1. The van der Waals surface area contributed by atoms with Crippen LogP contribution in [0.4, 0.5) is 4.39 Å². The van der Waals surface area contributed by atoms with Crippen LogP contribution < -0.4 is 5.32 Å². The number of H-pyrrole nitrogens is 1. The molecule has 5 nitrogen and oxygen atoms in total. The number of benzene rings is 1. The van der Waals surface area contributed by atoms with Crippen LogP contribution in [-0.2, 0) is 4.79 Å². The van der Waals surface area contributed by atoms with Gasteiger partial charge in [0.1, 0.15) is 11.5 Å². The third-order valence-corrected chi connectivity index (χ3v) is 3.97. The highest BCUT2D eigenvalue weighted by Gasteiger charge is 2.30. The van der Waals surface area contributed by atoms with Crippen molar-refractivity contribution in [1.82, 2.24) is 10.3 Å². The Morgan fingerprint density at radius 3 is 2.81 bits per heavy atom. The molecule has 3 rings (SSSR count). The van der Waals surface area contributed by atoms with Crippen molar-refractivity contribution in [3.05, 3.63) is 35.8 Å². The summed E-state index contributed by atoms with van der Waals surface area (Å²) < 4.78 is 13.6. The lowest BCUT2D eigenvalue weighted by Crippen LogP contribution is -2.33. The van der Waals surface area contributed by atoms with E-state index in [0.29, 0.717) is 30.2 Å². The van der Waals surface area contributed by atoms with Gasteiger partial charge in [0.15, 0.2) is 0 Å². The van der Waals surface area contributed by atoms with Gasteiger partial charge < -0.3 is 15.4 Å². The third kappa shape index (κ3) is 2.61. The lowest BCUT2D eigenvalue weighted by molar-refractivity contribution is -0.141. The highest BCUT2D eigenvalue weighted by Crippen LogP contribution is 2.26. The van der Waals surface area contributed by atoms with Crippen molar-refractivity contribution < 1.29 is 19.1 Å². The summed E-state index contributed by atoms with van der Waals surface area (Å²) in [5.74, 6) is -1.92. The Morgan fingerprint density at radius 2 is 2.14 bits per heavy atom. The van der Waals surface area contributed by atoms with Crippen LogP contribution in [0.3, 0.4) is 0 Å². The molecule has 1 aliphatic rings. The standard InChI is InChI=1S/C15H15FN2O3/c16-11-2-1-3-12-10(11)7-13(18-12)14(19)17-9-5-4-8(6-9)15(20)21/h1-3,7-9,18H,4-6H2,(H,17,19)(H,20,21)/t8-,9+/m0/s1. The number of nitrogens with one attached hydrogen (secondary N) is 2. The second-order valence-corrected chi connectivity index (χ2v) is 5.40. The molecular weight excluding hydrogens is 275 g/mol. The maximum absolute atomic E-state index is 13.6.